The molecule has 3 rings (SSSR count). The molecule has 0 atom stereocenters. The first kappa shape index (κ1) is 15.0. The second-order valence-electron chi connectivity index (χ2n) is 5.54. The van der Waals surface area contributed by atoms with Crippen LogP contribution in [-0.4, -0.2) is 15.8 Å². The second-order valence-corrected chi connectivity index (χ2v) is 5.54. The number of benzene rings is 2. The van der Waals surface area contributed by atoms with Gasteiger partial charge in [-0.25, -0.2) is 0 Å². The smallest absolute Gasteiger partial charge is 0.311 e. The number of aromatic hydroxyl groups is 1. The number of hydrogen-bond acceptors (Lipinski definition) is 4. The van der Waals surface area contributed by atoms with Gasteiger partial charge in [-0.3, -0.25) is 14.9 Å². The maximum Gasteiger partial charge on any atom is 0.311 e. The molecule has 1 N–H and O–H groups in total. The van der Waals surface area contributed by atoms with Crippen molar-refractivity contribution in [2.45, 2.75) is 19.3 Å². The van der Waals surface area contributed by atoms with E-state index in [9.17, 15) is 20.0 Å². The summed E-state index contributed by atoms with van der Waals surface area (Å²) < 4.78 is 0. The second kappa shape index (κ2) is 6.04. The van der Waals surface area contributed by atoms with Crippen LogP contribution in [0.3, 0.4) is 0 Å². The lowest BCUT2D eigenvalue weighted by Gasteiger charge is -2.02. The Hall–Kier alpha value is -2.95. The molecule has 0 amide bonds. The van der Waals surface area contributed by atoms with Gasteiger partial charge in [0.2, 0.25) is 0 Å². The highest BCUT2D eigenvalue weighted by Crippen LogP contribution is 2.27. The molecule has 2 aromatic rings. The van der Waals surface area contributed by atoms with Crippen LogP contribution < -0.4 is 0 Å². The molecule has 1 aliphatic carbocycles. The number of hydrogen-bond donors (Lipinski definition) is 1. The molecule has 0 heterocycles. The highest BCUT2D eigenvalue weighted by Gasteiger charge is 2.14. The Labute approximate surface area is 133 Å². The number of fused-ring (bicyclic) bond motifs is 1. The fourth-order valence-electron chi connectivity index (χ4n) is 2.78. The number of nitro benzene ring substituents is 1. The normalized spacial score (nSPS) is 13.2. The van der Waals surface area contributed by atoms with Gasteiger partial charge >= 0.3 is 5.69 Å². The molecule has 0 bridgehead atoms. The summed E-state index contributed by atoms with van der Waals surface area (Å²) in [5.41, 5.74) is 3.26. The fourth-order valence-corrected chi connectivity index (χ4v) is 2.78. The van der Waals surface area contributed by atoms with Crippen LogP contribution in [0.1, 0.15) is 33.5 Å². The van der Waals surface area contributed by atoms with Gasteiger partial charge in [-0.05, 0) is 54.2 Å². The van der Waals surface area contributed by atoms with Gasteiger partial charge in [-0.15, -0.1) is 0 Å². The summed E-state index contributed by atoms with van der Waals surface area (Å²) in [5.74, 6) is -0.535. The highest BCUT2D eigenvalue weighted by atomic mass is 16.6. The van der Waals surface area contributed by atoms with Crippen LogP contribution in [0.25, 0.3) is 6.08 Å². The summed E-state index contributed by atoms with van der Waals surface area (Å²) in [4.78, 5) is 22.4. The van der Waals surface area contributed by atoms with Gasteiger partial charge in [0.1, 0.15) is 0 Å². The van der Waals surface area contributed by atoms with E-state index in [1.54, 1.807) is 0 Å². The molecule has 0 aromatic heterocycles. The van der Waals surface area contributed by atoms with E-state index in [-0.39, 0.29) is 11.5 Å². The number of nitrogens with zero attached hydrogens (tertiary/aromatic N) is 1. The molecule has 23 heavy (non-hydrogen) atoms. The average Bonchev–Trinajstić information content (AvgIpc) is 3.01. The van der Waals surface area contributed by atoms with Crippen LogP contribution in [-0.2, 0) is 12.8 Å². The monoisotopic (exact) mass is 309 g/mol. The quantitative estimate of drug-likeness (QED) is 0.404. The van der Waals surface area contributed by atoms with Crippen LogP contribution in [0, 0.1) is 10.1 Å². The minimum atomic E-state index is -0.658. The van der Waals surface area contributed by atoms with Crippen LogP contribution in [0.2, 0.25) is 0 Å². The van der Waals surface area contributed by atoms with Crippen molar-refractivity contribution in [1.29, 1.82) is 0 Å². The predicted octanol–water partition coefficient (Wildman–Crippen LogP) is 3.69. The summed E-state index contributed by atoms with van der Waals surface area (Å²) >= 11 is 0. The van der Waals surface area contributed by atoms with E-state index in [4.69, 9.17) is 0 Å². The molecular weight excluding hydrogens is 294 g/mol. The number of phenolic OH excluding ortho intramolecular Hbond substituents is 1. The van der Waals surface area contributed by atoms with Crippen LogP contribution in [0.5, 0.6) is 5.75 Å². The molecule has 0 saturated heterocycles. The third-order valence-electron chi connectivity index (χ3n) is 4.01. The lowest BCUT2D eigenvalue weighted by Crippen LogP contribution is -1.96. The predicted molar refractivity (Wildman–Crippen MR) is 86.6 cm³/mol. The number of phenols is 1. The van der Waals surface area contributed by atoms with Crippen molar-refractivity contribution in [3.05, 3.63) is 74.8 Å². The van der Waals surface area contributed by atoms with Crippen molar-refractivity contribution in [2.75, 3.05) is 0 Å². The minimum Gasteiger partial charge on any atom is -0.502 e. The number of aryl methyl sites for hydroxylation is 2. The molecule has 0 radical (unpaired) electrons. The molecule has 0 saturated carbocycles. The number of allylic oxidation sites excluding steroid dienone is 1. The third kappa shape index (κ3) is 3.13. The molecule has 0 unspecified atom stereocenters. The molecular formula is C18H15NO4. The fraction of sp³-hybridized carbons (Fsp3) is 0.167. The first-order valence-corrected chi connectivity index (χ1v) is 7.36. The Balaban J connectivity index is 1.81. The standard InChI is InChI=1S/C18H15NO4/c20-17(15-7-6-13-2-1-3-14(13)11-15)8-4-12-5-9-18(21)16(10-12)19(22)23/h4-11,21H,1-3H2/b8-4+. The van der Waals surface area contributed by atoms with Gasteiger partial charge < -0.3 is 5.11 Å². The van der Waals surface area contributed by atoms with Crippen molar-refractivity contribution in [1.82, 2.24) is 0 Å². The van der Waals surface area contributed by atoms with E-state index in [1.165, 1.54) is 41.5 Å². The Bertz CT molecular complexity index is 824. The molecule has 116 valence electrons. The number of nitro groups is 1. The summed E-state index contributed by atoms with van der Waals surface area (Å²) in [6, 6.07) is 9.74. The Kier molecular flexibility index (Phi) is 3.93. The largest absolute Gasteiger partial charge is 0.502 e. The third-order valence-corrected chi connectivity index (χ3v) is 4.01. The number of carbonyl (C=O) groups is 1. The maximum absolute atomic E-state index is 12.2. The van der Waals surface area contributed by atoms with E-state index in [0.29, 0.717) is 11.1 Å². The number of carbonyl (C=O) groups excluding carboxylic acids is 1. The van der Waals surface area contributed by atoms with Crippen LogP contribution in [0.4, 0.5) is 5.69 Å². The Morgan fingerprint density at radius 3 is 2.70 bits per heavy atom. The first-order valence-electron chi connectivity index (χ1n) is 7.36. The molecule has 5 nitrogen and oxygen atoms in total. The van der Waals surface area contributed by atoms with Gasteiger partial charge in [-0.2, -0.15) is 0 Å². The molecule has 0 aliphatic heterocycles. The zero-order chi connectivity index (χ0) is 16.4. The van der Waals surface area contributed by atoms with Gasteiger partial charge in [0.25, 0.3) is 0 Å². The van der Waals surface area contributed by atoms with E-state index in [2.05, 4.69) is 0 Å². The Morgan fingerprint density at radius 2 is 1.91 bits per heavy atom. The van der Waals surface area contributed by atoms with Crippen LogP contribution in [0.15, 0.2) is 42.5 Å². The molecule has 0 spiro atoms. The molecule has 0 fully saturated rings. The average molecular weight is 309 g/mol. The minimum absolute atomic E-state index is 0.143. The molecule has 2 aromatic carbocycles. The van der Waals surface area contributed by atoms with Gasteiger partial charge in [-0.1, -0.05) is 24.3 Å². The van der Waals surface area contributed by atoms with Crippen molar-refractivity contribution >= 4 is 17.5 Å². The van der Waals surface area contributed by atoms with Gasteiger partial charge in [0.05, 0.1) is 4.92 Å². The molecule has 5 heteroatoms. The van der Waals surface area contributed by atoms with Crippen LogP contribution >= 0.6 is 0 Å². The van der Waals surface area contributed by atoms with Crippen molar-refractivity contribution in [2.24, 2.45) is 0 Å². The summed E-state index contributed by atoms with van der Waals surface area (Å²) in [7, 11) is 0. The lowest BCUT2D eigenvalue weighted by molar-refractivity contribution is -0.385. The summed E-state index contributed by atoms with van der Waals surface area (Å²) in [5, 5.41) is 20.2. The van der Waals surface area contributed by atoms with E-state index in [1.807, 2.05) is 18.2 Å². The summed E-state index contributed by atoms with van der Waals surface area (Å²) in [6.45, 7) is 0. The van der Waals surface area contributed by atoms with Gasteiger partial charge in [0, 0.05) is 11.6 Å². The zero-order valence-electron chi connectivity index (χ0n) is 12.4. The lowest BCUT2D eigenvalue weighted by atomic mass is 10.0. The van der Waals surface area contributed by atoms with E-state index in [0.717, 1.165) is 19.3 Å². The molecule has 1 aliphatic rings. The van der Waals surface area contributed by atoms with E-state index >= 15 is 0 Å². The van der Waals surface area contributed by atoms with E-state index < -0.39 is 10.7 Å². The van der Waals surface area contributed by atoms with Crippen molar-refractivity contribution < 1.29 is 14.8 Å². The first-order chi connectivity index (χ1) is 11.0. The van der Waals surface area contributed by atoms with Crippen molar-refractivity contribution in [3.63, 3.8) is 0 Å². The number of ketones is 1. The SMILES string of the molecule is O=C(/C=C/c1ccc(O)c([N+](=O)[O-])c1)c1ccc2c(c1)CCC2. The topological polar surface area (TPSA) is 80.4 Å². The van der Waals surface area contributed by atoms with Crippen molar-refractivity contribution in [3.8, 4) is 5.75 Å². The number of rotatable bonds is 4. The summed E-state index contributed by atoms with van der Waals surface area (Å²) in [6.07, 6.45) is 6.11. The van der Waals surface area contributed by atoms with Gasteiger partial charge in [0.15, 0.2) is 11.5 Å². The Morgan fingerprint density at radius 1 is 1.13 bits per heavy atom. The highest BCUT2D eigenvalue weighted by molar-refractivity contribution is 6.07. The maximum atomic E-state index is 12.2. The zero-order valence-corrected chi connectivity index (χ0v) is 12.4.